The number of rotatable bonds is 4. The molecule has 0 N–H and O–H groups in total. The molecule has 1 amide bonds. The van der Waals surface area contributed by atoms with Crippen LogP contribution in [0, 0.1) is 0 Å². The third-order valence-corrected chi connectivity index (χ3v) is 4.72. The molecule has 1 aromatic carbocycles. The van der Waals surface area contributed by atoms with E-state index in [4.69, 9.17) is 11.6 Å². The highest BCUT2D eigenvalue weighted by molar-refractivity contribution is 9.10. The van der Waals surface area contributed by atoms with Crippen LogP contribution >= 0.6 is 27.5 Å². The van der Waals surface area contributed by atoms with Gasteiger partial charge in [-0.25, -0.2) is 0 Å². The van der Waals surface area contributed by atoms with Crippen LogP contribution in [0.5, 0.6) is 0 Å². The third kappa shape index (κ3) is 3.44. The topological polar surface area (TPSA) is 33.2 Å². The number of pyridine rings is 1. The van der Waals surface area contributed by atoms with Gasteiger partial charge in [0.1, 0.15) is 0 Å². The van der Waals surface area contributed by atoms with E-state index in [0.717, 1.165) is 22.9 Å². The summed E-state index contributed by atoms with van der Waals surface area (Å²) < 4.78 is 0.797. The van der Waals surface area contributed by atoms with Gasteiger partial charge >= 0.3 is 0 Å². The van der Waals surface area contributed by atoms with E-state index in [-0.39, 0.29) is 5.91 Å². The molecule has 1 aliphatic carbocycles. The van der Waals surface area contributed by atoms with Gasteiger partial charge in [0.25, 0.3) is 5.91 Å². The largest absolute Gasteiger partial charge is 0.331 e. The zero-order valence-corrected chi connectivity index (χ0v) is 13.6. The monoisotopic (exact) mass is 364 g/mol. The lowest BCUT2D eigenvalue weighted by Crippen LogP contribution is -2.32. The summed E-state index contributed by atoms with van der Waals surface area (Å²) in [6.07, 6.45) is 5.67. The Kier molecular flexibility index (Phi) is 4.27. The molecular weight excluding hydrogens is 352 g/mol. The Morgan fingerprint density at radius 2 is 2.19 bits per heavy atom. The third-order valence-electron chi connectivity index (χ3n) is 3.49. The zero-order chi connectivity index (χ0) is 14.8. The van der Waals surface area contributed by atoms with Crippen molar-refractivity contribution in [1.29, 1.82) is 0 Å². The molecule has 0 radical (unpaired) electrons. The Labute approximate surface area is 137 Å². The van der Waals surface area contributed by atoms with Crippen LogP contribution in [0.2, 0.25) is 5.02 Å². The lowest BCUT2D eigenvalue weighted by molar-refractivity contribution is 0.0730. The molecule has 0 aliphatic heterocycles. The van der Waals surface area contributed by atoms with Gasteiger partial charge in [-0.2, -0.15) is 0 Å². The average molecular weight is 366 g/mol. The minimum atomic E-state index is 0.0238. The zero-order valence-electron chi connectivity index (χ0n) is 11.3. The van der Waals surface area contributed by atoms with Gasteiger partial charge in [-0.3, -0.25) is 9.78 Å². The first-order chi connectivity index (χ1) is 10.1. The fourth-order valence-electron chi connectivity index (χ4n) is 2.24. The van der Waals surface area contributed by atoms with Gasteiger partial charge in [0.05, 0.1) is 5.02 Å². The van der Waals surface area contributed by atoms with E-state index < -0.39 is 0 Å². The fourth-order valence-corrected chi connectivity index (χ4v) is 2.66. The molecule has 0 spiro atoms. The molecule has 3 rings (SSSR count). The lowest BCUT2D eigenvalue weighted by atomic mass is 10.1. The lowest BCUT2D eigenvalue weighted by Gasteiger charge is -2.22. The summed E-state index contributed by atoms with van der Waals surface area (Å²) in [5.41, 5.74) is 1.67. The number of carbonyl (C=O) groups is 1. The maximum Gasteiger partial charge on any atom is 0.254 e. The molecule has 0 bridgehead atoms. The van der Waals surface area contributed by atoms with E-state index in [9.17, 15) is 4.79 Å². The molecule has 108 valence electrons. The normalized spacial score (nSPS) is 14.0. The van der Waals surface area contributed by atoms with Gasteiger partial charge in [-0.05, 0) is 58.6 Å². The number of hydrogen-bond acceptors (Lipinski definition) is 2. The average Bonchev–Trinajstić information content (AvgIpc) is 3.33. The van der Waals surface area contributed by atoms with E-state index in [2.05, 4.69) is 20.9 Å². The molecule has 1 aromatic heterocycles. The number of nitrogens with zero attached hydrogens (tertiary/aromatic N) is 2. The summed E-state index contributed by atoms with van der Waals surface area (Å²) in [5.74, 6) is 0.0238. The quantitative estimate of drug-likeness (QED) is 0.809. The second-order valence-corrected chi connectivity index (χ2v) is 6.42. The predicted octanol–water partition coefficient (Wildman–Crippen LogP) is 4.30. The number of amides is 1. The second-order valence-electron chi connectivity index (χ2n) is 5.15. The minimum absolute atomic E-state index is 0.0238. The molecular formula is C16H14BrClN2O. The summed E-state index contributed by atoms with van der Waals surface area (Å²) >= 11 is 9.44. The SMILES string of the molecule is O=C(c1ccc(Br)c(Cl)c1)N(Cc1cccnc1)C1CC1. The first kappa shape index (κ1) is 14.5. The van der Waals surface area contributed by atoms with Crippen molar-refractivity contribution in [1.82, 2.24) is 9.88 Å². The summed E-state index contributed by atoms with van der Waals surface area (Å²) in [6.45, 7) is 0.588. The summed E-state index contributed by atoms with van der Waals surface area (Å²) in [7, 11) is 0. The number of carbonyl (C=O) groups excluding carboxylic acids is 1. The highest BCUT2D eigenvalue weighted by Crippen LogP contribution is 2.31. The van der Waals surface area contributed by atoms with Crippen LogP contribution in [0.3, 0.4) is 0 Å². The number of aromatic nitrogens is 1. The van der Waals surface area contributed by atoms with Crippen molar-refractivity contribution >= 4 is 33.4 Å². The molecule has 1 saturated carbocycles. The number of halogens is 2. The van der Waals surface area contributed by atoms with Gasteiger partial charge in [0.2, 0.25) is 0 Å². The Morgan fingerprint density at radius 3 is 2.81 bits per heavy atom. The van der Waals surface area contributed by atoms with E-state index >= 15 is 0 Å². The van der Waals surface area contributed by atoms with Crippen LogP contribution in [0.15, 0.2) is 47.2 Å². The first-order valence-electron chi connectivity index (χ1n) is 6.80. The molecule has 2 aromatic rings. The van der Waals surface area contributed by atoms with Gasteiger partial charge in [0.15, 0.2) is 0 Å². The van der Waals surface area contributed by atoms with E-state index in [0.29, 0.717) is 23.2 Å². The Balaban J connectivity index is 1.83. The maximum atomic E-state index is 12.7. The molecule has 1 fully saturated rings. The fraction of sp³-hybridized carbons (Fsp3) is 0.250. The van der Waals surface area contributed by atoms with Crippen molar-refractivity contribution in [3.63, 3.8) is 0 Å². The van der Waals surface area contributed by atoms with Gasteiger partial charge in [0, 0.05) is 35.0 Å². The molecule has 0 atom stereocenters. The van der Waals surface area contributed by atoms with Gasteiger partial charge in [-0.1, -0.05) is 17.7 Å². The maximum absolute atomic E-state index is 12.7. The molecule has 1 aliphatic rings. The summed E-state index contributed by atoms with van der Waals surface area (Å²) in [5, 5.41) is 0.554. The molecule has 0 saturated heterocycles. The van der Waals surface area contributed by atoms with E-state index in [1.165, 1.54) is 0 Å². The molecule has 21 heavy (non-hydrogen) atoms. The van der Waals surface area contributed by atoms with Crippen molar-refractivity contribution in [3.8, 4) is 0 Å². The van der Waals surface area contributed by atoms with Crippen molar-refractivity contribution < 1.29 is 4.79 Å². The first-order valence-corrected chi connectivity index (χ1v) is 7.97. The minimum Gasteiger partial charge on any atom is -0.331 e. The van der Waals surface area contributed by atoms with E-state index in [1.54, 1.807) is 24.5 Å². The highest BCUT2D eigenvalue weighted by atomic mass is 79.9. The van der Waals surface area contributed by atoms with Crippen LogP contribution < -0.4 is 0 Å². The van der Waals surface area contributed by atoms with Crippen molar-refractivity contribution in [3.05, 3.63) is 63.3 Å². The van der Waals surface area contributed by atoms with Crippen molar-refractivity contribution in [2.75, 3.05) is 0 Å². The van der Waals surface area contributed by atoms with Crippen LogP contribution in [0.25, 0.3) is 0 Å². The Hall–Kier alpha value is -1.39. The van der Waals surface area contributed by atoms with Crippen LogP contribution in [0.1, 0.15) is 28.8 Å². The Morgan fingerprint density at radius 1 is 1.38 bits per heavy atom. The number of benzene rings is 1. The molecule has 1 heterocycles. The summed E-state index contributed by atoms with van der Waals surface area (Å²) in [4.78, 5) is 18.7. The van der Waals surface area contributed by atoms with Gasteiger partial charge < -0.3 is 4.90 Å². The van der Waals surface area contributed by atoms with E-state index in [1.807, 2.05) is 23.1 Å². The van der Waals surface area contributed by atoms with Crippen LogP contribution in [-0.2, 0) is 6.54 Å². The smallest absolute Gasteiger partial charge is 0.254 e. The van der Waals surface area contributed by atoms with Crippen LogP contribution in [0.4, 0.5) is 0 Å². The summed E-state index contributed by atoms with van der Waals surface area (Å²) in [6, 6.07) is 9.54. The Bertz CT molecular complexity index is 659. The number of hydrogen-bond donors (Lipinski definition) is 0. The van der Waals surface area contributed by atoms with Gasteiger partial charge in [-0.15, -0.1) is 0 Å². The van der Waals surface area contributed by atoms with Crippen molar-refractivity contribution in [2.45, 2.75) is 25.4 Å². The highest BCUT2D eigenvalue weighted by Gasteiger charge is 2.33. The second kappa shape index (κ2) is 6.16. The molecule has 5 heteroatoms. The standard InChI is InChI=1S/C16H14BrClN2O/c17-14-6-3-12(8-15(14)18)16(21)20(13-4-5-13)10-11-2-1-7-19-9-11/h1-3,6-9,13H,4-5,10H2. The van der Waals surface area contributed by atoms with Crippen molar-refractivity contribution in [2.24, 2.45) is 0 Å². The molecule has 3 nitrogen and oxygen atoms in total. The van der Waals surface area contributed by atoms with Crippen LogP contribution in [-0.4, -0.2) is 21.8 Å². The molecule has 0 unspecified atom stereocenters. The predicted molar refractivity (Wildman–Crippen MR) is 86.3 cm³/mol.